The lowest BCUT2D eigenvalue weighted by atomic mass is 9.74. The van der Waals surface area contributed by atoms with Crippen molar-refractivity contribution in [3.05, 3.63) is 35.9 Å². The SMILES string of the molecule is CC(C)CN1C(=O)N(CC(F)F)CC12CC1CCC(C2)N1C[C@H]1CN(C(=O)C2(C)CCCCC2)C[C@@H]1c1ccccc1. The Kier molecular flexibility index (Phi) is 8.31. The van der Waals surface area contributed by atoms with Crippen molar-refractivity contribution >= 4 is 11.9 Å². The highest BCUT2D eigenvalue weighted by Crippen LogP contribution is 2.49. The Morgan fingerprint density at radius 1 is 0.976 bits per heavy atom. The molecule has 1 aliphatic carbocycles. The molecule has 4 aliphatic heterocycles. The Balaban J connectivity index is 1.21. The van der Waals surface area contributed by atoms with Gasteiger partial charge in [0.05, 0.1) is 12.1 Å². The lowest BCUT2D eigenvalue weighted by Gasteiger charge is -2.49. The van der Waals surface area contributed by atoms with Gasteiger partial charge in [0.2, 0.25) is 5.91 Å². The summed E-state index contributed by atoms with van der Waals surface area (Å²) in [6.07, 6.45) is 6.89. The average Bonchev–Trinajstić information content (AvgIpc) is 3.56. The van der Waals surface area contributed by atoms with Gasteiger partial charge in [-0.15, -0.1) is 0 Å². The second-order valence-electron chi connectivity index (χ2n) is 14.9. The maximum absolute atomic E-state index is 13.9. The molecule has 2 bridgehead atoms. The molecule has 3 amide bonds. The highest BCUT2D eigenvalue weighted by atomic mass is 19.3. The number of urea groups is 1. The third-order valence-electron chi connectivity index (χ3n) is 11.3. The van der Waals surface area contributed by atoms with Crippen LogP contribution in [0.3, 0.4) is 0 Å². The number of hydrogen-bond donors (Lipinski definition) is 0. The van der Waals surface area contributed by atoms with Gasteiger partial charge in [0.25, 0.3) is 6.43 Å². The molecule has 5 aliphatic rings. The Hall–Kier alpha value is -2.22. The number of benzene rings is 1. The Morgan fingerprint density at radius 3 is 2.26 bits per heavy atom. The fraction of sp³-hybridized carbons (Fsp3) is 0.765. The van der Waals surface area contributed by atoms with Gasteiger partial charge in [0, 0.05) is 56.1 Å². The molecule has 0 aromatic heterocycles. The highest BCUT2D eigenvalue weighted by molar-refractivity contribution is 5.83. The number of carbonyl (C=O) groups is 2. The lowest BCUT2D eigenvalue weighted by Crippen LogP contribution is -2.59. The molecule has 5 fully saturated rings. The van der Waals surface area contributed by atoms with Gasteiger partial charge in [0.1, 0.15) is 0 Å². The largest absolute Gasteiger partial charge is 0.341 e. The first-order valence-corrected chi connectivity index (χ1v) is 16.5. The number of carbonyl (C=O) groups excluding carboxylic acids is 2. The Labute approximate surface area is 250 Å². The summed E-state index contributed by atoms with van der Waals surface area (Å²) in [6, 6.07) is 11.2. The van der Waals surface area contributed by atoms with Crippen LogP contribution in [0.15, 0.2) is 30.3 Å². The molecule has 0 N–H and O–H groups in total. The first-order chi connectivity index (χ1) is 20.1. The Bertz CT molecular complexity index is 1110. The molecule has 4 saturated heterocycles. The predicted molar refractivity (Wildman–Crippen MR) is 160 cm³/mol. The minimum atomic E-state index is -2.51. The topological polar surface area (TPSA) is 47.1 Å². The zero-order valence-electron chi connectivity index (χ0n) is 25.8. The molecule has 42 heavy (non-hydrogen) atoms. The summed E-state index contributed by atoms with van der Waals surface area (Å²) >= 11 is 0. The predicted octanol–water partition coefficient (Wildman–Crippen LogP) is 6.22. The molecule has 4 heterocycles. The number of likely N-dealkylation sites (tertiary alicyclic amines) is 1. The van der Waals surface area contributed by atoms with Gasteiger partial charge in [-0.25, -0.2) is 13.6 Å². The fourth-order valence-electron chi connectivity index (χ4n) is 9.39. The number of piperidine rings is 1. The van der Waals surface area contributed by atoms with Crippen LogP contribution in [-0.4, -0.2) is 94.9 Å². The number of hydrogen-bond acceptors (Lipinski definition) is 3. The van der Waals surface area contributed by atoms with Crippen LogP contribution >= 0.6 is 0 Å². The van der Waals surface area contributed by atoms with Crippen molar-refractivity contribution in [3.8, 4) is 0 Å². The summed E-state index contributed by atoms with van der Waals surface area (Å²) in [6.45, 7) is 9.49. The molecule has 6 nitrogen and oxygen atoms in total. The van der Waals surface area contributed by atoms with Crippen molar-refractivity contribution < 1.29 is 18.4 Å². The van der Waals surface area contributed by atoms with E-state index in [1.807, 2.05) is 4.90 Å². The van der Waals surface area contributed by atoms with E-state index in [0.29, 0.717) is 42.9 Å². The van der Waals surface area contributed by atoms with Crippen LogP contribution in [0, 0.1) is 17.3 Å². The third kappa shape index (κ3) is 5.57. The first-order valence-electron chi connectivity index (χ1n) is 16.5. The highest BCUT2D eigenvalue weighted by Gasteiger charge is 2.58. The van der Waals surface area contributed by atoms with E-state index in [9.17, 15) is 18.4 Å². The van der Waals surface area contributed by atoms with Crippen LogP contribution in [0.2, 0.25) is 0 Å². The summed E-state index contributed by atoms with van der Waals surface area (Å²) in [4.78, 5) is 35.6. The molecule has 8 heteroatoms. The van der Waals surface area contributed by atoms with Gasteiger partial charge in [0.15, 0.2) is 0 Å². The van der Waals surface area contributed by atoms with E-state index < -0.39 is 13.0 Å². The Morgan fingerprint density at radius 2 is 1.64 bits per heavy atom. The molecule has 1 aromatic carbocycles. The minimum absolute atomic E-state index is 0.206. The summed E-state index contributed by atoms with van der Waals surface area (Å²) in [7, 11) is 0. The number of halogens is 2. The minimum Gasteiger partial charge on any atom is -0.341 e. The summed E-state index contributed by atoms with van der Waals surface area (Å²) in [5.41, 5.74) is 0.730. The third-order valence-corrected chi connectivity index (χ3v) is 11.3. The van der Waals surface area contributed by atoms with Gasteiger partial charge in [-0.2, -0.15) is 0 Å². The summed E-state index contributed by atoms with van der Waals surface area (Å²) < 4.78 is 26.8. The van der Waals surface area contributed by atoms with Gasteiger partial charge >= 0.3 is 6.03 Å². The van der Waals surface area contributed by atoms with Gasteiger partial charge in [-0.1, -0.05) is 70.4 Å². The van der Waals surface area contributed by atoms with Crippen molar-refractivity contribution in [1.82, 2.24) is 19.6 Å². The number of amides is 3. The van der Waals surface area contributed by atoms with E-state index in [-0.39, 0.29) is 22.9 Å². The quantitative estimate of drug-likeness (QED) is 0.364. The van der Waals surface area contributed by atoms with Crippen molar-refractivity contribution in [1.29, 1.82) is 0 Å². The lowest BCUT2D eigenvalue weighted by molar-refractivity contribution is -0.142. The maximum atomic E-state index is 13.9. The van der Waals surface area contributed by atoms with E-state index in [2.05, 4.69) is 60.9 Å². The standard InChI is InChI=1S/C34H50F2N4O2/c1-24(2)18-40-32(42)38(22-30(35)36)23-34(40)16-27-12-13-28(17-34)39(27)20-26-19-37(21-29(26)25-10-6-4-7-11-25)31(41)33(3)14-8-5-9-15-33/h4,6-7,10-11,24,26-30H,5,8-9,12-23H2,1-3H3/t26-,27?,28?,29-,34?/m1/s1. The van der Waals surface area contributed by atoms with E-state index in [4.69, 9.17) is 0 Å². The molecule has 232 valence electrons. The van der Waals surface area contributed by atoms with Crippen LogP contribution in [0.1, 0.15) is 90.0 Å². The molecular weight excluding hydrogens is 534 g/mol. The molecule has 1 aromatic rings. The molecule has 1 saturated carbocycles. The molecule has 4 atom stereocenters. The van der Waals surface area contributed by atoms with E-state index >= 15 is 0 Å². The van der Waals surface area contributed by atoms with Crippen molar-refractivity contribution in [2.45, 2.75) is 109 Å². The normalized spacial score (nSPS) is 33.1. The van der Waals surface area contributed by atoms with Crippen LogP contribution in [0.4, 0.5) is 13.6 Å². The second kappa shape index (κ2) is 11.7. The van der Waals surface area contributed by atoms with Crippen molar-refractivity contribution in [3.63, 3.8) is 0 Å². The average molecular weight is 585 g/mol. The van der Waals surface area contributed by atoms with E-state index in [1.54, 1.807) is 0 Å². The van der Waals surface area contributed by atoms with Crippen LogP contribution in [-0.2, 0) is 4.79 Å². The van der Waals surface area contributed by atoms with Crippen LogP contribution < -0.4 is 0 Å². The first kappa shape index (κ1) is 29.8. The zero-order valence-corrected chi connectivity index (χ0v) is 25.8. The van der Waals surface area contributed by atoms with Crippen molar-refractivity contribution in [2.75, 3.05) is 39.3 Å². The molecule has 2 unspecified atom stereocenters. The number of nitrogens with zero attached hydrogens (tertiary/aromatic N) is 4. The second-order valence-corrected chi connectivity index (χ2v) is 14.9. The van der Waals surface area contributed by atoms with E-state index in [0.717, 1.165) is 71.0 Å². The monoisotopic (exact) mass is 584 g/mol. The van der Waals surface area contributed by atoms with Gasteiger partial charge in [-0.3, -0.25) is 9.69 Å². The molecule has 6 rings (SSSR count). The zero-order chi connectivity index (χ0) is 29.6. The molecule has 1 spiro atoms. The maximum Gasteiger partial charge on any atom is 0.320 e. The van der Waals surface area contributed by atoms with Crippen LogP contribution in [0.25, 0.3) is 0 Å². The van der Waals surface area contributed by atoms with E-state index in [1.165, 1.54) is 16.9 Å². The van der Waals surface area contributed by atoms with Crippen molar-refractivity contribution in [2.24, 2.45) is 17.3 Å². The summed E-state index contributed by atoms with van der Waals surface area (Å²) in [5, 5.41) is 0. The molecular formula is C34H50F2N4O2. The number of fused-ring (bicyclic) bond motifs is 2. The van der Waals surface area contributed by atoms with Crippen LogP contribution in [0.5, 0.6) is 0 Å². The fourth-order valence-corrected chi connectivity index (χ4v) is 9.39. The van der Waals surface area contributed by atoms with Gasteiger partial charge in [-0.05, 0) is 55.9 Å². The number of alkyl halides is 2. The molecule has 0 radical (unpaired) electrons. The van der Waals surface area contributed by atoms with Gasteiger partial charge < -0.3 is 14.7 Å². The smallest absolute Gasteiger partial charge is 0.320 e. The summed E-state index contributed by atoms with van der Waals surface area (Å²) in [5.74, 6) is 1.30. The number of rotatable bonds is 8.